The highest BCUT2D eigenvalue weighted by atomic mass is 19.1. The second-order valence-corrected chi connectivity index (χ2v) is 5.38. The predicted octanol–water partition coefficient (Wildman–Crippen LogP) is 3.02. The lowest BCUT2D eigenvalue weighted by Crippen LogP contribution is -2.21. The van der Waals surface area contributed by atoms with Crippen LogP contribution in [0.2, 0.25) is 0 Å². The summed E-state index contributed by atoms with van der Waals surface area (Å²) in [5.41, 5.74) is 6.66. The number of ether oxygens (including phenoxy) is 1. The van der Waals surface area contributed by atoms with E-state index in [1.165, 1.54) is 6.07 Å². The zero-order valence-electron chi connectivity index (χ0n) is 12.4. The summed E-state index contributed by atoms with van der Waals surface area (Å²) in [6, 6.07) is 2.78. The van der Waals surface area contributed by atoms with Gasteiger partial charge in [-0.15, -0.1) is 0 Å². The number of hydrogen-bond acceptors (Lipinski definition) is 4. The van der Waals surface area contributed by atoms with Crippen molar-refractivity contribution < 1.29 is 14.2 Å². The van der Waals surface area contributed by atoms with Crippen LogP contribution >= 0.6 is 0 Å². The Labute approximate surface area is 120 Å². The molecule has 1 rings (SSSR count). The van der Waals surface area contributed by atoms with E-state index in [0.717, 1.165) is 6.42 Å². The van der Waals surface area contributed by atoms with Crippen LogP contribution in [0.4, 0.5) is 15.8 Å². The van der Waals surface area contributed by atoms with Crippen molar-refractivity contribution in [1.29, 1.82) is 0 Å². The van der Waals surface area contributed by atoms with Gasteiger partial charge in [0.2, 0.25) is 0 Å². The molecule has 1 unspecified atom stereocenters. The third-order valence-corrected chi connectivity index (χ3v) is 2.84. The summed E-state index contributed by atoms with van der Waals surface area (Å²) in [6.45, 7) is 6.88. The number of rotatable bonds is 8. The Morgan fingerprint density at radius 2 is 2.10 bits per heavy atom. The second-order valence-electron chi connectivity index (χ2n) is 5.38. The predicted molar refractivity (Wildman–Crippen MR) is 80.5 cm³/mol. The Bertz CT molecular complexity index is 425. The number of nitrogens with two attached hydrogens (primary N) is 1. The lowest BCUT2D eigenvalue weighted by atomic mass is 10.1. The van der Waals surface area contributed by atoms with Gasteiger partial charge in [-0.05, 0) is 18.8 Å². The molecular formula is C15H25FN2O2. The quantitative estimate of drug-likeness (QED) is 0.642. The summed E-state index contributed by atoms with van der Waals surface area (Å²) in [7, 11) is 0. The average Bonchev–Trinajstić information content (AvgIpc) is 2.35. The second kappa shape index (κ2) is 7.94. The van der Waals surface area contributed by atoms with E-state index >= 15 is 0 Å². The van der Waals surface area contributed by atoms with E-state index in [2.05, 4.69) is 5.32 Å². The molecule has 0 bridgehead atoms. The van der Waals surface area contributed by atoms with Gasteiger partial charge < -0.3 is 20.9 Å². The molecule has 0 heterocycles. The molecule has 1 aromatic carbocycles. The molecule has 0 fully saturated rings. The van der Waals surface area contributed by atoms with Gasteiger partial charge in [-0.3, -0.25) is 0 Å². The minimum Gasteiger partial charge on any atom is -0.490 e. The lowest BCUT2D eigenvalue weighted by Gasteiger charge is -2.17. The molecule has 4 nitrogen and oxygen atoms in total. The van der Waals surface area contributed by atoms with E-state index in [9.17, 15) is 9.50 Å². The maximum atomic E-state index is 13.6. The van der Waals surface area contributed by atoms with Crippen molar-refractivity contribution in [3.63, 3.8) is 0 Å². The first-order valence-corrected chi connectivity index (χ1v) is 7.07. The Kier molecular flexibility index (Phi) is 6.58. The van der Waals surface area contributed by atoms with E-state index in [-0.39, 0.29) is 5.75 Å². The summed E-state index contributed by atoms with van der Waals surface area (Å²) in [5, 5.41) is 12.9. The number of anilines is 2. The average molecular weight is 284 g/mol. The Balaban J connectivity index is 2.69. The number of halogens is 1. The van der Waals surface area contributed by atoms with Gasteiger partial charge in [0.05, 0.1) is 24.1 Å². The van der Waals surface area contributed by atoms with Crippen LogP contribution in [-0.4, -0.2) is 24.4 Å². The number of nitrogen functional groups attached to an aromatic ring is 1. The van der Waals surface area contributed by atoms with Gasteiger partial charge >= 0.3 is 0 Å². The SMILES string of the molecule is CCCOc1cc(NCC(O)CC(C)C)c(N)cc1F. The van der Waals surface area contributed by atoms with Gasteiger partial charge in [-0.1, -0.05) is 20.8 Å². The normalized spacial score (nSPS) is 12.5. The minimum absolute atomic E-state index is 0.182. The largest absolute Gasteiger partial charge is 0.490 e. The third-order valence-electron chi connectivity index (χ3n) is 2.84. The standard InChI is InChI=1S/C15H25FN2O2/c1-4-5-20-15-8-14(13(17)7-12(15)16)18-9-11(19)6-10(2)3/h7-8,10-11,18-19H,4-6,9,17H2,1-3H3. The molecule has 0 aromatic heterocycles. The van der Waals surface area contributed by atoms with E-state index in [0.29, 0.717) is 36.9 Å². The van der Waals surface area contributed by atoms with Crippen LogP contribution in [-0.2, 0) is 0 Å². The van der Waals surface area contributed by atoms with Crippen molar-refractivity contribution in [2.24, 2.45) is 5.92 Å². The fourth-order valence-electron chi connectivity index (χ4n) is 1.90. The van der Waals surface area contributed by atoms with Crippen LogP contribution < -0.4 is 15.8 Å². The van der Waals surface area contributed by atoms with E-state index in [1.54, 1.807) is 6.07 Å². The van der Waals surface area contributed by atoms with Crippen molar-refractivity contribution in [3.05, 3.63) is 17.9 Å². The first kappa shape index (κ1) is 16.6. The number of aliphatic hydroxyl groups is 1. The first-order valence-electron chi connectivity index (χ1n) is 7.07. The summed E-state index contributed by atoms with van der Waals surface area (Å²) >= 11 is 0. The lowest BCUT2D eigenvalue weighted by molar-refractivity contribution is 0.161. The molecule has 5 heteroatoms. The van der Waals surface area contributed by atoms with Gasteiger partial charge in [0.15, 0.2) is 11.6 Å². The topological polar surface area (TPSA) is 67.5 Å². The van der Waals surface area contributed by atoms with Crippen LogP contribution in [0.25, 0.3) is 0 Å². The highest BCUT2D eigenvalue weighted by molar-refractivity contribution is 5.68. The Hall–Kier alpha value is -1.49. The first-order chi connectivity index (χ1) is 9.43. The molecular weight excluding hydrogens is 259 g/mol. The van der Waals surface area contributed by atoms with E-state index in [4.69, 9.17) is 10.5 Å². The van der Waals surface area contributed by atoms with Gasteiger partial charge in [0.25, 0.3) is 0 Å². The zero-order chi connectivity index (χ0) is 15.1. The van der Waals surface area contributed by atoms with Crippen LogP contribution in [0.15, 0.2) is 12.1 Å². The molecule has 0 amide bonds. The van der Waals surface area contributed by atoms with Crippen molar-refractivity contribution >= 4 is 11.4 Å². The molecule has 0 aliphatic heterocycles. The van der Waals surface area contributed by atoms with E-state index < -0.39 is 11.9 Å². The number of nitrogens with one attached hydrogen (secondary N) is 1. The van der Waals surface area contributed by atoms with E-state index in [1.807, 2.05) is 20.8 Å². The number of aliphatic hydroxyl groups excluding tert-OH is 1. The summed E-state index contributed by atoms with van der Waals surface area (Å²) in [6.07, 6.45) is 1.05. The van der Waals surface area contributed by atoms with Crippen LogP contribution in [0.1, 0.15) is 33.6 Å². The fourth-order valence-corrected chi connectivity index (χ4v) is 1.90. The van der Waals surface area contributed by atoms with Crippen molar-refractivity contribution in [2.75, 3.05) is 24.2 Å². The van der Waals surface area contributed by atoms with Crippen molar-refractivity contribution in [2.45, 2.75) is 39.7 Å². The third kappa shape index (κ3) is 5.25. The van der Waals surface area contributed by atoms with Gasteiger partial charge in [-0.25, -0.2) is 4.39 Å². The molecule has 0 aliphatic rings. The van der Waals surface area contributed by atoms with Crippen LogP contribution in [0.5, 0.6) is 5.75 Å². The van der Waals surface area contributed by atoms with Crippen LogP contribution in [0, 0.1) is 11.7 Å². The molecule has 0 radical (unpaired) electrons. The number of hydrogen-bond donors (Lipinski definition) is 3. The highest BCUT2D eigenvalue weighted by Gasteiger charge is 2.11. The smallest absolute Gasteiger partial charge is 0.167 e. The molecule has 1 atom stereocenters. The van der Waals surface area contributed by atoms with Crippen molar-refractivity contribution in [3.8, 4) is 5.75 Å². The monoisotopic (exact) mass is 284 g/mol. The summed E-state index contributed by atoms with van der Waals surface area (Å²) in [5.74, 6) is 0.131. The Morgan fingerprint density at radius 1 is 1.40 bits per heavy atom. The Morgan fingerprint density at radius 3 is 2.70 bits per heavy atom. The molecule has 0 aliphatic carbocycles. The number of benzene rings is 1. The maximum Gasteiger partial charge on any atom is 0.167 e. The molecule has 4 N–H and O–H groups in total. The molecule has 114 valence electrons. The maximum absolute atomic E-state index is 13.6. The fraction of sp³-hybridized carbons (Fsp3) is 0.600. The summed E-state index contributed by atoms with van der Waals surface area (Å²) < 4.78 is 19.0. The van der Waals surface area contributed by atoms with Crippen LogP contribution in [0.3, 0.4) is 0 Å². The molecule has 0 spiro atoms. The molecule has 1 aromatic rings. The molecule has 20 heavy (non-hydrogen) atoms. The molecule has 0 saturated carbocycles. The van der Waals surface area contributed by atoms with Crippen molar-refractivity contribution in [1.82, 2.24) is 0 Å². The van der Waals surface area contributed by atoms with Gasteiger partial charge in [0.1, 0.15) is 0 Å². The highest BCUT2D eigenvalue weighted by Crippen LogP contribution is 2.28. The minimum atomic E-state index is -0.468. The molecule has 0 saturated heterocycles. The van der Waals surface area contributed by atoms with Gasteiger partial charge in [0, 0.05) is 18.7 Å². The summed E-state index contributed by atoms with van der Waals surface area (Å²) in [4.78, 5) is 0. The van der Waals surface area contributed by atoms with Gasteiger partial charge in [-0.2, -0.15) is 0 Å². The zero-order valence-corrected chi connectivity index (χ0v) is 12.4.